The van der Waals surface area contributed by atoms with Crippen LogP contribution in [0.1, 0.15) is 19.4 Å². The zero-order chi connectivity index (χ0) is 19.3. The molecular weight excluding hydrogens is 404 g/mol. The second-order valence-electron chi connectivity index (χ2n) is 4.48. The fourth-order valence-corrected chi connectivity index (χ4v) is 5.89. The van der Waals surface area contributed by atoms with E-state index < -0.39 is 40.7 Å². The molecule has 0 saturated heterocycles. The first-order chi connectivity index (χ1) is 11.5. The molecule has 25 heavy (non-hydrogen) atoms. The first-order valence-corrected chi connectivity index (χ1v) is 11.4. The Hall–Kier alpha value is -0.580. The number of thioether (sulfide) groups is 1. The van der Waals surface area contributed by atoms with E-state index in [0.717, 1.165) is 17.8 Å². The van der Waals surface area contributed by atoms with Crippen LogP contribution in [0.5, 0.6) is 0 Å². The van der Waals surface area contributed by atoms with Crippen molar-refractivity contribution in [2.75, 3.05) is 25.8 Å². The summed E-state index contributed by atoms with van der Waals surface area (Å²) in [6.45, 7) is 2.92. The molecule has 0 unspecified atom stereocenters. The Balaban J connectivity index is 3.29. The van der Waals surface area contributed by atoms with Crippen LogP contribution < -0.4 is 0 Å². The normalized spacial score (nSPS) is 13.2. The van der Waals surface area contributed by atoms with Crippen molar-refractivity contribution in [2.45, 2.75) is 29.8 Å². The molecule has 1 aromatic rings. The van der Waals surface area contributed by atoms with E-state index in [1.54, 1.807) is 0 Å². The van der Waals surface area contributed by atoms with Gasteiger partial charge >= 0.3 is 13.8 Å². The monoisotopic (exact) mass is 422 g/mol. The summed E-state index contributed by atoms with van der Waals surface area (Å²) in [4.78, 5) is -1.16. The van der Waals surface area contributed by atoms with Crippen LogP contribution in [0.25, 0.3) is 0 Å². The summed E-state index contributed by atoms with van der Waals surface area (Å²) in [5.41, 5.74) is -1.36. The van der Waals surface area contributed by atoms with Gasteiger partial charge in [0.25, 0.3) is 10.1 Å². The lowest BCUT2D eigenvalue weighted by molar-refractivity contribution is -0.140. The first-order valence-electron chi connectivity index (χ1n) is 7.02. The average molecular weight is 422 g/mol. The van der Waals surface area contributed by atoms with Crippen molar-refractivity contribution in [1.82, 2.24) is 0 Å². The topological polar surface area (TPSA) is 78.9 Å². The molecule has 0 heterocycles. The minimum Gasteiger partial charge on any atom is -0.307 e. The van der Waals surface area contributed by atoms with Gasteiger partial charge in [0, 0.05) is 4.90 Å². The van der Waals surface area contributed by atoms with Crippen molar-refractivity contribution in [1.29, 1.82) is 0 Å². The Morgan fingerprint density at radius 1 is 1.16 bits per heavy atom. The molecule has 0 aliphatic heterocycles. The van der Waals surface area contributed by atoms with Gasteiger partial charge in [-0.15, -0.1) is 11.8 Å². The summed E-state index contributed by atoms with van der Waals surface area (Å²) in [6.07, 6.45) is -4.49. The summed E-state index contributed by atoms with van der Waals surface area (Å²) < 4.78 is 90.9. The Labute approximate surface area is 148 Å². The number of halogens is 3. The van der Waals surface area contributed by atoms with Gasteiger partial charge in [-0.25, -0.2) is 0 Å². The molecule has 12 heteroatoms. The molecule has 0 N–H and O–H groups in total. The Bertz CT molecular complexity index is 726. The van der Waals surface area contributed by atoms with Crippen LogP contribution in [0.4, 0.5) is 13.2 Å². The highest BCUT2D eigenvalue weighted by Gasteiger charge is 2.40. The molecule has 6 nitrogen and oxygen atoms in total. The summed E-state index contributed by atoms with van der Waals surface area (Å²) >= 11 is 0.816. The van der Waals surface area contributed by atoms with E-state index in [1.807, 2.05) is 0 Å². The molecule has 1 aromatic carbocycles. The number of hydrogen-bond donors (Lipinski definition) is 0. The van der Waals surface area contributed by atoms with Gasteiger partial charge in [0.2, 0.25) is 0 Å². The van der Waals surface area contributed by atoms with Crippen LogP contribution in [0.3, 0.4) is 0 Å². The highest BCUT2D eigenvalue weighted by molar-refractivity contribution is 7.99. The van der Waals surface area contributed by atoms with E-state index in [2.05, 4.69) is 4.18 Å². The highest BCUT2D eigenvalue weighted by atomic mass is 32.2. The molecule has 0 aliphatic carbocycles. The molecule has 0 amide bonds. The minimum atomic E-state index is -4.90. The van der Waals surface area contributed by atoms with Gasteiger partial charge in [-0.1, -0.05) is 6.07 Å². The van der Waals surface area contributed by atoms with Crippen LogP contribution in [0.2, 0.25) is 0 Å². The summed E-state index contributed by atoms with van der Waals surface area (Å²) in [6, 6.07) is 2.96. The molecule has 1 rings (SSSR count). The quantitative estimate of drug-likeness (QED) is 0.332. The molecule has 144 valence electrons. The third-order valence-corrected chi connectivity index (χ3v) is 6.97. The van der Waals surface area contributed by atoms with Crippen molar-refractivity contribution < 1.29 is 39.4 Å². The van der Waals surface area contributed by atoms with E-state index >= 15 is 0 Å². The van der Waals surface area contributed by atoms with Gasteiger partial charge in [0.05, 0.1) is 18.8 Å². The molecule has 0 saturated carbocycles. The summed E-state index contributed by atoms with van der Waals surface area (Å²) in [7, 11) is -8.76. The highest BCUT2D eigenvalue weighted by Crippen LogP contribution is 2.49. The van der Waals surface area contributed by atoms with Crippen LogP contribution in [0, 0.1) is 0 Å². The van der Waals surface area contributed by atoms with Crippen LogP contribution in [-0.2, 0) is 34.1 Å². The van der Waals surface area contributed by atoms with Crippen LogP contribution in [0.15, 0.2) is 28.0 Å². The summed E-state index contributed by atoms with van der Waals surface area (Å²) in [5, 5.41) is 0. The number of benzene rings is 1. The third kappa shape index (κ3) is 5.97. The maximum Gasteiger partial charge on any atom is 0.417 e. The van der Waals surface area contributed by atoms with E-state index in [1.165, 1.54) is 26.2 Å². The smallest absolute Gasteiger partial charge is 0.307 e. The molecule has 0 aliphatic rings. The van der Waals surface area contributed by atoms with E-state index in [-0.39, 0.29) is 18.1 Å². The van der Waals surface area contributed by atoms with Crippen molar-refractivity contribution in [3.05, 3.63) is 23.8 Å². The maximum absolute atomic E-state index is 13.2. The Kier molecular flexibility index (Phi) is 7.97. The predicted octanol–water partition coefficient (Wildman–Crippen LogP) is 4.36. The predicted molar refractivity (Wildman–Crippen MR) is 87.2 cm³/mol. The molecule has 0 atom stereocenters. The van der Waals surface area contributed by atoms with Gasteiger partial charge in [-0.2, -0.15) is 21.6 Å². The van der Waals surface area contributed by atoms with Crippen molar-refractivity contribution >= 4 is 29.5 Å². The van der Waals surface area contributed by atoms with E-state index in [9.17, 15) is 26.2 Å². The van der Waals surface area contributed by atoms with Gasteiger partial charge in [0.1, 0.15) is 4.90 Å². The third-order valence-electron chi connectivity index (χ3n) is 2.77. The zero-order valence-electron chi connectivity index (χ0n) is 13.7. The fourth-order valence-electron chi connectivity index (χ4n) is 1.86. The lowest BCUT2D eigenvalue weighted by Gasteiger charge is -2.19. The van der Waals surface area contributed by atoms with Crippen molar-refractivity contribution in [2.24, 2.45) is 0 Å². The molecule has 0 radical (unpaired) electrons. The lowest BCUT2D eigenvalue weighted by atomic mass is 10.2. The molecule has 0 bridgehead atoms. The van der Waals surface area contributed by atoms with Gasteiger partial charge < -0.3 is 9.05 Å². The van der Waals surface area contributed by atoms with Gasteiger partial charge in [-0.05, 0) is 32.2 Å². The van der Waals surface area contributed by atoms with Crippen molar-refractivity contribution in [3.63, 3.8) is 0 Å². The SMILES string of the molecule is CCOP(=O)(COS(=O)(=O)c1c(SC)cccc1C(F)(F)F)OCC. The Morgan fingerprint density at radius 3 is 2.16 bits per heavy atom. The molecule has 0 spiro atoms. The second-order valence-corrected chi connectivity index (χ2v) is 8.88. The summed E-state index contributed by atoms with van der Waals surface area (Å²) in [5.74, 6) is 0. The van der Waals surface area contributed by atoms with Crippen LogP contribution >= 0.6 is 19.4 Å². The van der Waals surface area contributed by atoms with E-state index in [4.69, 9.17) is 9.05 Å². The number of rotatable bonds is 9. The number of alkyl halides is 3. The zero-order valence-corrected chi connectivity index (χ0v) is 16.2. The van der Waals surface area contributed by atoms with E-state index in [0.29, 0.717) is 6.07 Å². The largest absolute Gasteiger partial charge is 0.417 e. The first kappa shape index (κ1) is 22.5. The minimum absolute atomic E-state index is 0.0457. The number of hydrogen-bond acceptors (Lipinski definition) is 7. The van der Waals surface area contributed by atoms with Gasteiger partial charge in [0.15, 0.2) is 6.35 Å². The molecular formula is C13H18F3O6PS2. The molecule has 0 aromatic heterocycles. The lowest BCUT2D eigenvalue weighted by Crippen LogP contribution is -2.17. The second kappa shape index (κ2) is 8.88. The van der Waals surface area contributed by atoms with Crippen molar-refractivity contribution in [3.8, 4) is 0 Å². The fraction of sp³-hybridized carbons (Fsp3) is 0.538. The van der Waals surface area contributed by atoms with Crippen LogP contribution in [-0.4, -0.2) is 34.2 Å². The maximum atomic E-state index is 13.2. The standard InChI is InChI=1S/C13H18F3O6PS2/c1-4-20-23(17,21-5-2)9-22-25(18,19)12-10(13(14,15)16)7-6-8-11(12)24-3/h6-8H,4-5,9H2,1-3H3. The average Bonchev–Trinajstić information content (AvgIpc) is 2.52. The Morgan fingerprint density at radius 2 is 1.72 bits per heavy atom. The molecule has 0 fully saturated rings. The van der Waals surface area contributed by atoms with Gasteiger partial charge in [-0.3, -0.25) is 8.75 Å².